The second kappa shape index (κ2) is 19.6. The molecule has 1 saturated carbocycles. The molecule has 74 heavy (non-hydrogen) atoms. The number of hydrogen-bond acceptors (Lipinski definition) is 14. The lowest BCUT2D eigenvalue weighted by molar-refractivity contribution is -0.114. The number of hydrogen-bond donors (Lipinski definition) is 4. The van der Waals surface area contributed by atoms with Crippen LogP contribution in [0.5, 0.6) is 23.0 Å². The van der Waals surface area contributed by atoms with Crippen LogP contribution in [0.3, 0.4) is 0 Å². The van der Waals surface area contributed by atoms with Crippen molar-refractivity contribution >= 4 is 57.4 Å². The zero-order chi connectivity index (χ0) is 50.0. The van der Waals surface area contributed by atoms with Gasteiger partial charge in [0, 0.05) is 102 Å². The number of imidazole rings is 3. The molecule has 1 amide bonds. The Labute approximate surface area is 421 Å². The van der Waals surface area contributed by atoms with Crippen LogP contribution in [0.1, 0.15) is 19.8 Å². The number of carbonyl (C=O) groups excluding carboxylic acids is 1. The van der Waals surface area contributed by atoms with Gasteiger partial charge in [-0.1, -0.05) is 30.3 Å². The molecule has 3 aliphatic rings. The molecule has 0 radical (unpaired) electrons. The van der Waals surface area contributed by atoms with Crippen molar-refractivity contribution in [3.63, 3.8) is 0 Å². The van der Waals surface area contributed by atoms with Crippen LogP contribution < -0.4 is 40.2 Å². The molecule has 0 unspecified atom stereocenters. The van der Waals surface area contributed by atoms with Crippen LogP contribution in [0.15, 0.2) is 171 Å². The van der Waals surface area contributed by atoms with Gasteiger partial charge in [0.1, 0.15) is 5.82 Å². The standard InChI is InChI=1S/C20H16FN5O.C19H14N4O2.C16H14N4O2/c1-13(27)23-14-6-8-15(9-7-14)24-19-20-22-10-11-26(20)12-18(25-19)16-4-2-3-5-17(16)21;1-2-4-14(5-3-1)21-18-19-20-8-9-23(19)11-15(22-18)13-6-7-16-17(10-13)25-12-24-16;1-4-13-14(22-9-21-13)7-10(1)12-8-20-6-5-17-16(20)15(19-12)18-11-2-3-11/h2-12H,1H3,(H,23,27)(H,24,25);1-11H,12H2,(H,21,22);1,4-8,11H,2-3,9H2,(H,18,19). The number of carbonyl (C=O) groups is 1. The molecule has 1 aliphatic carbocycles. The number of aromatic nitrogens is 9. The first-order valence-corrected chi connectivity index (χ1v) is 23.6. The summed E-state index contributed by atoms with van der Waals surface area (Å²) >= 11 is 0. The van der Waals surface area contributed by atoms with E-state index in [1.807, 2.05) is 112 Å². The number of fused-ring (bicyclic) bond motifs is 5. The number of para-hydroxylation sites is 1. The molecule has 0 spiro atoms. The largest absolute Gasteiger partial charge is 0.454 e. The van der Waals surface area contributed by atoms with Crippen molar-refractivity contribution in [1.82, 2.24) is 43.1 Å². The number of anilines is 6. The van der Waals surface area contributed by atoms with Crippen LogP contribution in [-0.2, 0) is 4.79 Å². The molecule has 18 nitrogen and oxygen atoms in total. The lowest BCUT2D eigenvalue weighted by Gasteiger charge is -2.11. The molecular weight excluding hydrogens is 942 g/mol. The van der Waals surface area contributed by atoms with Gasteiger partial charge in [-0.25, -0.2) is 34.3 Å². The maximum atomic E-state index is 14.2. The molecule has 2 aliphatic heterocycles. The molecule has 14 rings (SSSR count). The average Bonchev–Trinajstić information content (AvgIpc) is 4.08. The van der Waals surface area contributed by atoms with E-state index in [-0.39, 0.29) is 25.3 Å². The van der Waals surface area contributed by atoms with Crippen LogP contribution in [0, 0.1) is 5.82 Å². The van der Waals surface area contributed by atoms with Gasteiger partial charge in [0.15, 0.2) is 57.4 Å². The highest BCUT2D eigenvalue weighted by Crippen LogP contribution is 2.38. The fourth-order valence-corrected chi connectivity index (χ4v) is 8.30. The first-order chi connectivity index (χ1) is 36.3. The number of nitrogens with zero attached hydrogens (tertiary/aromatic N) is 9. The minimum atomic E-state index is -0.338. The fourth-order valence-electron chi connectivity index (χ4n) is 8.30. The minimum Gasteiger partial charge on any atom is -0.454 e. The van der Waals surface area contributed by atoms with Crippen molar-refractivity contribution < 1.29 is 28.1 Å². The Morgan fingerprint density at radius 3 is 1.57 bits per heavy atom. The molecule has 0 saturated heterocycles. The highest BCUT2D eigenvalue weighted by atomic mass is 19.1. The Morgan fingerprint density at radius 2 is 1.01 bits per heavy atom. The van der Waals surface area contributed by atoms with Gasteiger partial charge in [0.05, 0.1) is 17.1 Å². The average molecular weight is 986 g/mol. The van der Waals surface area contributed by atoms with Gasteiger partial charge in [-0.2, -0.15) is 0 Å². The maximum Gasteiger partial charge on any atom is 0.231 e. The van der Waals surface area contributed by atoms with E-state index >= 15 is 0 Å². The predicted molar refractivity (Wildman–Crippen MR) is 278 cm³/mol. The molecule has 0 atom stereocenters. The summed E-state index contributed by atoms with van der Waals surface area (Å²) in [6.07, 6.45) is 18.9. The van der Waals surface area contributed by atoms with Gasteiger partial charge in [0.2, 0.25) is 19.5 Å². The summed E-state index contributed by atoms with van der Waals surface area (Å²) in [6, 6.07) is 35.9. The molecule has 5 aromatic carbocycles. The van der Waals surface area contributed by atoms with E-state index in [0.29, 0.717) is 40.3 Å². The van der Waals surface area contributed by atoms with E-state index in [0.717, 1.165) is 74.0 Å². The third kappa shape index (κ3) is 9.71. The van der Waals surface area contributed by atoms with Crippen molar-refractivity contribution in [2.45, 2.75) is 25.8 Å². The Kier molecular flexibility index (Phi) is 12.0. The lowest BCUT2D eigenvalue weighted by Crippen LogP contribution is -2.06. The minimum absolute atomic E-state index is 0.131. The van der Waals surface area contributed by atoms with Crippen LogP contribution in [0.2, 0.25) is 0 Å². The lowest BCUT2D eigenvalue weighted by atomic mass is 10.1. The molecule has 6 aromatic heterocycles. The van der Waals surface area contributed by atoms with Crippen LogP contribution >= 0.6 is 0 Å². The molecule has 0 bridgehead atoms. The quantitative estimate of drug-likeness (QED) is 0.101. The Morgan fingerprint density at radius 1 is 0.541 bits per heavy atom. The van der Waals surface area contributed by atoms with Crippen LogP contribution in [0.4, 0.5) is 38.9 Å². The SMILES string of the molecule is CC(=O)Nc1ccc(Nc2nc(-c3ccccc3F)cn3ccnc23)cc1.c1ccc(Nc2nc(-c3ccc4c(c3)OCO4)cn3ccnc23)cc1.c1cn2cc(-c3ccc4c(c3)OCO4)nc(NC3CC3)c2n1. The number of halogens is 1. The number of benzene rings is 5. The first-order valence-electron chi connectivity index (χ1n) is 23.6. The van der Waals surface area contributed by atoms with Gasteiger partial charge in [-0.3, -0.25) is 4.79 Å². The number of amides is 1. The summed E-state index contributed by atoms with van der Waals surface area (Å²) in [5.41, 5.74) is 9.25. The maximum absolute atomic E-state index is 14.2. The van der Waals surface area contributed by atoms with Crippen molar-refractivity contribution in [2.75, 3.05) is 34.9 Å². The van der Waals surface area contributed by atoms with E-state index in [1.165, 1.54) is 25.8 Å². The summed E-state index contributed by atoms with van der Waals surface area (Å²) in [5.74, 6) is 4.62. The van der Waals surface area contributed by atoms with Gasteiger partial charge >= 0.3 is 0 Å². The summed E-state index contributed by atoms with van der Waals surface area (Å²) in [6.45, 7) is 1.99. The van der Waals surface area contributed by atoms with Crippen molar-refractivity contribution in [3.8, 4) is 56.8 Å². The predicted octanol–water partition coefficient (Wildman–Crippen LogP) is 10.8. The smallest absolute Gasteiger partial charge is 0.231 e. The van der Waals surface area contributed by atoms with E-state index in [1.54, 1.807) is 65.7 Å². The van der Waals surface area contributed by atoms with E-state index < -0.39 is 0 Å². The normalized spacial score (nSPS) is 12.9. The first kappa shape index (κ1) is 45.1. The Balaban J connectivity index is 0.000000113. The van der Waals surface area contributed by atoms with Gasteiger partial charge in [-0.15, -0.1) is 0 Å². The molecular formula is C55H44FN13O5. The third-order valence-electron chi connectivity index (χ3n) is 12.0. The summed E-state index contributed by atoms with van der Waals surface area (Å²) < 4.78 is 41.6. The van der Waals surface area contributed by atoms with Crippen molar-refractivity contribution in [1.29, 1.82) is 0 Å². The molecule has 4 N–H and O–H groups in total. The van der Waals surface area contributed by atoms with Gasteiger partial charge in [-0.05, 0) is 97.8 Å². The van der Waals surface area contributed by atoms with Crippen LogP contribution in [-0.4, -0.2) is 68.6 Å². The van der Waals surface area contributed by atoms with Crippen LogP contribution in [0.25, 0.3) is 50.7 Å². The molecule has 19 heteroatoms. The third-order valence-corrected chi connectivity index (χ3v) is 12.0. The van der Waals surface area contributed by atoms with E-state index in [2.05, 4.69) is 41.2 Å². The fraction of sp³-hybridized carbons (Fsp3) is 0.109. The van der Waals surface area contributed by atoms with E-state index in [4.69, 9.17) is 28.9 Å². The summed E-state index contributed by atoms with van der Waals surface area (Å²) in [4.78, 5) is 38.3. The van der Waals surface area contributed by atoms with Crippen molar-refractivity contribution in [3.05, 3.63) is 177 Å². The van der Waals surface area contributed by atoms with Gasteiger partial charge < -0.3 is 53.4 Å². The summed E-state index contributed by atoms with van der Waals surface area (Å²) in [7, 11) is 0. The monoisotopic (exact) mass is 985 g/mol. The second-order valence-corrected chi connectivity index (χ2v) is 17.3. The molecule has 11 aromatic rings. The number of ether oxygens (including phenoxy) is 4. The zero-order valence-corrected chi connectivity index (χ0v) is 39.5. The summed E-state index contributed by atoms with van der Waals surface area (Å²) in [5, 5.41) is 12.7. The number of nitrogens with one attached hydrogen (secondary N) is 4. The van der Waals surface area contributed by atoms with E-state index in [9.17, 15) is 9.18 Å². The Bertz CT molecular complexity index is 3840. The highest BCUT2D eigenvalue weighted by molar-refractivity contribution is 5.89. The molecule has 366 valence electrons. The number of rotatable bonds is 10. The Hall–Kier alpha value is -10.0. The topological polar surface area (TPSA) is 193 Å². The highest BCUT2D eigenvalue weighted by Gasteiger charge is 2.24. The van der Waals surface area contributed by atoms with Crippen molar-refractivity contribution in [2.24, 2.45) is 0 Å². The second-order valence-electron chi connectivity index (χ2n) is 17.3. The molecule has 8 heterocycles. The molecule has 1 fully saturated rings. The van der Waals surface area contributed by atoms with Gasteiger partial charge in [0.25, 0.3) is 0 Å². The zero-order valence-electron chi connectivity index (χ0n) is 39.5.